The molecule has 0 aromatic carbocycles. The highest BCUT2D eigenvalue weighted by molar-refractivity contribution is 6.17. The first-order valence-electron chi connectivity index (χ1n) is 3.33. The molecule has 0 amide bonds. The number of carboxylic acids is 2. The molecule has 68 valence electrons. The summed E-state index contributed by atoms with van der Waals surface area (Å²) in [5, 5.41) is 20.6. The zero-order valence-electron chi connectivity index (χ0n) is 6.75. The summed E-state index contributed by atoms with van der Waals surface area (Å²) in [5.74, 6) is -4.80. The Morgan fingerprint density at radius 1 is 1.17 bits per heavy atom. The van der Waals surface area contributed by atoms with E-state index in [4.69, 9.17) is 0 Å². The topological polar surface area (TPSA) is 97.3 Å². The highest BCUT2D eigenvalue weighted by Gasteiger charge is 2.34. The number of Topliss-reactive ketones (excluding diaryl/α,β-unsaturated/α-hetero) is 1. The Balaban J connectivity index is 5.01. The van der Waals surface area contributed by atoms with Gasteiger partial charge in [0.15, 0.2) is 0 Å². The molecule has 0 atom stereocenters. The molecule has 0 aliphatic rings. The molecule has 0 spiro atoms. The predicted molar refractivity (Wildman–Crippen MR) is 33.4 cm³/mol. The van der Waals surface area contributed by atoms with Crippen LogP contribution in [0.2, 0.25) is 0 Å². The van der Waals surface area contributed by atoms with Crippen LogP contribution in [0.5, 0.6) is 0 Å². The van der Waals surface area contributed by atoms with E-state index in [0.29, 0.717) is 0 Å². The minimum absolute atomic E-state index is 0.182. The van der Waals surface area contributed by atoms with Crippen LogP contribution in [0.25, 0.3) is 0 Å². The first kappa shape index (κ1) is 10.6. The van der Waals surface area contributed by atoms with Gasteiger partial charge >= 0.3 is 0 Å². The molecule has 0 aliphatic carbocycles. The normalized spacial score (nSPS) is 10.8. The summed E-state index contributed by atoms with van der Waals surface area (Å²) in [4.78, 5) is 31.5. The molecule has 0 saturated heterocycles. The first-order valence-corrected chi connectivity index (χ1v) is 3.33. The molecule has 0 aromatic heterocycles. The molecular weight excluding hydrogens is 164 g/mol. The van der Waals surface area contributed by atoms with Gasteiger partial charge < -0.3 is 19.8 Å². The number of aliphatic carboxylic acids is 2. The van der Waals surface area contributed by atoms with E-state index >= 15 is 0 Å². The lowest BCUT2D eigenvalue weighted by Crippen LogP contribution is -2.56. The van der Waals surface area contributed by atoms with Gasteiger partial charge in [-0.2, -0.15) is 0 Å². The van der Waals surface area contributed by atoms with E-state index in [9.17, 15) is 24.6 Å². The second-order valence-corrected chi connectivity index (χ2v) is 2.48. The molecule has 0 bridgehead atoms. The van der Waals surface area contributed by atoms with Crippen LogP contribution < -0.4 is 10.2 Å². The fourth-order valence-corrected chi connectivity index (χ4v) is 0.665. The molecule has 0 radical (unpaired) electrons. The lowest BCUT2D eigenvalue weighted by Gasteiger charge is -2.29. The van der Waals surface area contributed by atoms with E-state index in [1.807, 2.05) is 0 Å². The van der Waals surface area contributed by atoms with Crippen molar-refractivity contribution in [1.29, 1.82) is 0 Å². The monoisotopic (exact) mass is 172 g/mol. The summed E-state index contributed by atoms with van der Waals surface area (Å²) in [5.41, 5.74) is -2.52. The maximum absolute atomic E-state index is 10.9. The van der Waals surface area contributed by atoms with Crippen molar-refractivity contribution in [3.05, 3.63) is 0 Å². The predicted octanol–water partition coefficient (Wildman–Crippen LogP) is -2.53. The molecule has 0 fully saturated rings. The van der Waals surface area contributed by atoms with Crippen molar-refractivity contribution in [3.63, 3.8) is 0 Å². The van der Waals surface area contributed by atoms with E-state index in [2.05, 4.69) is 0 Å². The Hall–Kier alpha value is -1.39. The number of hydrogen-bond donors (Lipinski definition) is 0. The van der Waals surface area contributed by atoms with Crippen molar-refractivity contribution in [2.75, 3.05) is 0 Å². The number of carbonyl (C=O) groups excluding carboxylic acids is 3. The Kier molecular flexibility index (Phi) is 2.95. The third-order valence-corrected chi connectivity index (χ3v) is 1.70. The lowest BCUT2D eigenvalue weighted by atomic mass is 9.84. The van der Waals surface area contributed by atoms with Crippen LogP contribution in [0.15, 0.2) is 0 Å². The highest BCUT2D eigenvalue weighted by atomic mass is 16.4. The second-order valence-electron chi connectivity index (χ2n) is 2.48. The van der Waals surface area contributed by atoms with E-state index in [1.165, 1.54) is 6.92 Å². The number of ketones is 1. The number of carboxylic acid groups (broad SMARTS) is 2. The Labute approximate surface area is 69.0 Å². The summed E-state index contributed by atoms with van der Waals surface area (Å²) in [7, 11) is 0. The van der Waals surface area contributed by atoms with Gasteiger partial charge in [-0.3, -0.25) is 4.79 Å². The summed E-state index contributed by atoms with van der Waals surface area (Å²) in [6.07, 6.45) is -0.182. The summed E-state index contributed by atoms with van der Waals surface area (Å²) < 4.78 is 0. The maximum atomic E-state index is 10.9. The lowest BCUT2D eigenvalue weighted by molar-refractivity contribution is -0.338. The molecule has 0 rings (SSSR count). The minimum Gasteiger partial charge on any atom is -0.549 e. The highest BCUT2D eigenvalue weighted by Crippen LogP contribution is 2.17. The van der Waals surface area contributed by atoms with Crippen LogP contribution in [0, 0.1) is 5.41 Å². The average Bonchev–Trinajstić information content (AvgIpc) is 2.00. The van der Waals surface area contributed by atoms with Crippen LogP contribution in [0.4, 0.5) is 0 Å². The second kappa shape index (κ2) is 3.34. The quantitative estimate of drug-likeness (QED) is 0.435. The molecule has 0 N–H and O–H groups in total. The molecule has 5 nitrogen and oxygen atoms in total. The summed E-state index contributed by atoms with van der Waals surface area (Å²) >= 11 is 0. The van der Waals surface area contributed by atoms with Crippen LogP contribution in [-0.2, 0) is 14.4 Å². The van der Waals surface area contributed by atoms with Gasteiger partial charge in [0.2, 0.25) is 0 Å². The first-order chi connectivity index (χ1) is 5.37. The fraction of sp³-hybridized carbons (Fsp3) is 0.571. The third kappa shape index (κ3) is 1.44. The summed E-state index contributed by atoms with van der Waals surface area (Å²) in [6.45, 7) is 2.13. The van der Waals surface area contributed by atoms with Crippen molar-refractivity contribution in [3.8, 4) is 0 Å². The molecule has 0 aliphatic heterocycles. The van der Waals surface area contributed by atoms with Crippen LogP contribution in [-0.4, -0.2) is 17.7 Å². The largest absolute Gasteiger partial charge is 0.549 e. The van der Waals surface area contributed by atoms with Gasteiger partial charge in [-0.1, -0.05) is 6.92 Å². The minimum atomic E-state index is -2.52. The van der Waals surface area contributed by atoms with Crippen LogP contribution in [0.1, 0.15) is 20.3 Å². The van der Waals surface area contributed by atoms with Crippen molar-refractivity contribution in [1.82, 2.24) is 0 Å². The zero-order valence-corrected chi connectivity index (χ0v) is 6.75. The number of carbonyl (C=O) groups is 3. The van der Waals surface area contributed by atoms with E-state index in [1.54, 1.807) is 0 Å². The Bertz CT molecular complexity index is 216. The van der Waals surface area contributed by atoms with Crippen LogP contribution in [0.3, 0.4) is 0 Å². The zero-order chi connectivity index (χ0) is 9.94. The average molecular weight is 172 g/mol. The molecule has 0 aromatic rings. The molecule has 12 heavy (non-hydrogen) atoms. The van der Waals surface area contributed by atoms with Crippen molar-refractivity contribution in [2.24, 2.45) is 5.41 Å². The SMILES string of the molecule is CCC(=O)C(C)(C(=O)[O-])C(=O)[O-]. The molecular formula is C7H8O5-2. The number of hydrogen-bond acceptors (Lipinski definition) is 5. The van der Waals surface area contributed by atoms with E-state index in [-0.39, 0.29) is 6.42 Å². The third-order valence-electron chi connectivity index (χ3n) is 1.70. The van der Waals surface area contributed by atoms with Crippen LogP contribution >= 0.6 is 0 Å². The van der Waals surface area contributed by atoms with Gasteiger partial charge in [0.25, 0.3) is 0 Å². The van der Waals surface area contributed by atoms with E-state index < -0.39 is 23.1 Å². The van der Waals surface area contributed by atoms with Gasteiger partial charge in [-0.15, -0.1) is 0 Å². The van der Waals surface area contributed by atoms with Gasteiger partial charge in [0.1, 0.15) is 11.2 Å². The maximum Gasteiger partial charge on any atom is 0.149 e. The Morgan fingerprint density at radius 3 is 1.58 bits per heavy atom. The van der Waals surface area contributed by atoms with Crippen molar-refractivity contribution >= 4 is 17.7 Å². The molecule has 0 saturated carbocycles. The van der Waals surface area contributed by atoms with Crippen molar-refractivity contribution < 1.29 is 24.6 Å². The van der Waals surface area contributed by atoms with Crippen molar-refractivity contribution in [2.45, 2.75) is 20.3 Å². The summed E-state index contributed by atoms with van der Waals surface area (Å²) in [6, 6.07) is 0. The van der Waals surface area contributed by atoms with Gasteiger partial charge in [0.05, 0.1) is 11.9 Å². The van der Waals surface area contributed by atoms with Gasteiger partial charge in [0, 0.05) is 6.42 Å². The molecule has 0 unspecified atom stereocenters. The van der Waals surface area contributed by atoms with Gasteiger partial charge in [-0.25, -0.2) is 0 Å². The Morgan fingerprint density at radius 2 is 1.50 bits per heavy atom. The van der Waals surface area contributed by atoms with Gasteiger partial charge in [-0.05, 0) is 6.92 Å². The van der Waals surface area contributed by atoms with E-state index in [0.717, 1.165) is 6.92 Å². The smallest absolute Gasteiger partial charge is 0.149 e. The molecule has 5 heteroatoms. The standard InChI is InChI=1S/C7H10O5/c1-3-4(8)7(2,5(9)10)6(11)12/h3H2,1-2H3,(H,9,10)(H,11,12)/p-2. The molecule has 0 heterocycles. The fourth-order valence-electron chi connectivity index (χ4n) is 0.665. The number of rotatable bonds is 4.